The van der Waals surface area contributed by atoms with Gasteiger partial charge in [0, 0.05) is 29.8 Å². The van der Waals surface area contributed by atoms with Gasteiger partial charge in [0.2, 0.25) is 0 Å². The van der Waals surface area contributed by atoms with E-state index in [-0.39, 0.29) is 5.56 Å². The molecule has 0 fully saturated rings. The summed E-state index contributed by atoms with van der Waals surface area (Å²) in [5, 5.41) is 4.20. The number of hydrogen-bond acceptors (Lipinski definition) is 3. The lowest BCUT2D eigenvalue weighted by Gasteiger charge is -2.13. The molecular weight excluding hydrogens is 262 g/mol. The number of benzene rings is 1. The summed E-state index contributed by atoms with van der Waals surface area (Å²) in [6.45, 7) is 2.45. The number of hydrogen-bond donors (Lipinski definition) is 1. The summed E-state index contributed by atoms with van der Waals surface area (Å²) in [6, 6.07) is 15.4. The lowest BCUT2D eigenvalue weighted by molar-refractivity contribution is 0.730. The minimum Gasteiger partial charge on any atom is -0.373 e. The van der Waals surface area contributed by atoms with E-state index in [0.717, 1.165) is 28.0 Å². The van der Waals surface area contributed by atoms with Gasteiger partial charge < -0.3 is 9.88 Å². The molecule has 3 aromatic rings. The predicted octanol–water partition coefficient (Wildman–Crippen LogP) is 2.79. The number of aromatic nitrogens is 2. The van der Waals surface area contributed by atoms with E-state index in [1.54, 1.807) is 16.7 Å². The maximum absolute atomic E-state index is 12.0. The van der Waals surface area contributed by atoms with Crippen LogP contribution in [0.3, 0.4) is 0 Å². The number of para-hydroxylation sites is 1. The Kier molecular flexibility index (Phi) is 3.44. The number of fused-ring (bicyclic) bond motifs is 1. The highest BCUT2D eigenvalue weighted by Gasteiger charge is 2.08. The molecule has 2 aromatic heterocycles. The van der Waals surface area contributed by atoms with E-state index in [2.05, 4.69) is 16.4 Å². The molecule has 4 nitrogen and oxygen atoms in total. The molecule has 0 aliphatic carbocycles. The third kappa shape index (κ3) is 2.52. The Morgan fingerprint density at radius 3 is 2.71 bits per heavy atom. The van der Waals surface area contributed by atoms with Crippen LogP contribution < -0.4 is 10.9 Å². The van der Waals surface area contributed by atoms with Gasteiger partial charge in [-0.3, -0.25) is 4.79 Å². The Labute approximate surface area is 123 Å². The van der Waals surface area contributed by atoms with Crippen molar-refractivity contribution in [1.29, 1.82) is 0 Å². The van der Waals surface area contributed by atoms with Crippen LogP contribution in [0.4, 0.5) is 5.82 Å². The van der Waals surface area contributed by atoms with Gasteiger partial charge in [-0.05, 0) is 25.1 Å². The number of rotatable bonds is 3. The van der Waals surface area contributed by atoms with E-state index in [1.165, 1.54) is 0 Å². The molecule has 3 rings (SSSR count). The molecule has 0 amide bonds. The molecule has 1 aromatic carbocycles. The van der Waals surface area contributed by atoms with Crippen LogP contribution in [0, 0.1) is 6.92 Å². The molecule has 0 saturated heterocycles. The van der Waals surface area contributed by atoms with Crippen molar-refractivity contribution in [1.82, 2.24) is 9.55 Å². The Morgan fingerprint density at radius 2 is 1.95 bits per heavy atom. The molecule has 0 bridgehead atoms. The van der Waals surface area contributed by atoms with Gasteiger partial charge in [0.25, 0.3) is 5.56 Å². The second kappa shape index (κ2) is 5.40. The molecule has 0 atom stereocenters. The molecule has 0 saturated carbocycles. The van der Waals surface area contributed by atoms with Gasteiger partial charge in [0.05, 0.1) is 12.1 Å². The smallest absolute Gasteiger partial charge is 0.251 e. The Hall–Kier alpha value is -2.62. The largest absolute Gasteiger partial charge is 0.373 e. The minimum absolute atomic E-state index is 0.00483. The zero-order valence-corrected chi connectivity index (χ0v) is 12.1. The van der Waals surface area contributed by atoms with Crippen molar-refractivity contribution < 1.29 is 0 Å². The van der Waals surface area contributed by atoms with Gasteiger partial charge >= 0.3 is 0 Å². The summed E-state index contributed by atoms with van der Waals surface area (Å²) in [4.78, 5) is 16.7. The fraction of sp³-hybridized carbons (Fsp3) is 0.176. The van der Waals surface area contributed by atoms with E-state index in [0.29, 0.717) is 6.54 Å². The average Bonchev–Trinajstić information content (AvgIpc) is 2.50. The van der Waals surface area contributed by atoms with Gasteiger partial charge in [0.15, 0.2) is 0 Å². The zero-order valence-electron chi connectivity index (χ0n) is 12.1. The third-order valence-electron chi connectivity index (χ3n) is 3.64. The molecule has 0 radical (unpaired) electrons. The number of nitrogens with zero attached hydrogens (tertiary/aromatic N) is 2. The van der Waals surface area contributed by atoms with Gasteiger partial charge in [-0.25, -0.2) is 4.98 Å². The number of anilines is 1. The van der Waals surface area contributed by atoms with E-state index in [1.807, 2.05) is 44.3 Å². The van der Waals surface area contributed by atoms with E-state index in [9.17, 15) is 4.79 Å². The van der Waals surface area contributed by atoms with E-state index >= 15 is 0 Å². The Balaban J connectivity index is 2.13. The first kappa shape index (κ1) is 13.4. The molecule has 21 heavy (non-hydrogen) atoms. The van der Waals surface area contributed by atoms with Crippen molar-refractivity contribution in [3.63, 3.8) is 0 Å². The van der Waals surface area contributed by atoms with E-state index in [4.69, 9.17) is 0 Å². The first-order valence-corrected chi connectivity index (χ1v) is 6.92. The van der Waals surface area contributed by atoms with Gasteiger partial charge in [-0.2, -0.15) is 0 Å². The van der Waals surface area contributed by atoms with Crippen LogP contribution in [0.5, 0.6) is 0 Å². The highest BCUT2D eigenvalue weighted by atomic mass is 16.1. The van der Waals surface area contributed by atoms with Crippen LogP contribution in [0.15, 0.2) is 53.3 Å². The summed E-state index contributed by atoms with van der Waals surface area (Å²) in [7, 11) is 1.85. The van der Waals surface area contributed by atoms with Crippen LogP contribution >= 0.6 is 0 Å². The highest BCUT2D eigenvalue weighted by molar-refractivity contribution is 5.81. The number of aryl methyl sites for hydroxylation is 1. The monoisotopic (exact) mass is 279 g/mol. The topological polar surface area (TPSA) is 46.9 Å². The summed E-state index contributed by atoms with van der Waals surface area (Å²) < 4.78 is 1.76. The van der Waals surface area contributed by atoms with Crippen LogP contribution in [0.25, 0.3) is 10.9 Å². The predicted molar refractivity (Wildman–Crippen MR) is 85.8 cm³/mol. The van der Waals surface area contributed by atoms with Gasteiger partial charge in [-0.15, -0.1) is 0 Å². The molecule has 0 spiro atoms. The SMILES string of the molecule is CNc1nc2ccccc2cc1Cn1c(C)cccc1=O. The first-order chi connectivity index (χ1) is 10.2. The Morgan fingerprint density at radius 1 is 1.14 bits per heavy atom. The molecule has 4 heteroatoms. The molecule has 2 heterocycles. The molecule has 1 N–H and O–H groups in total. The maximum Gasteiger partial charge on any atom is 0.251 e. The van der Waals surface area contributed by atoms with Crippen LogP contribution in [-0.4, -0.2) is 16.6 Å². The van der Waals surface area contributed by atoms with Crippen molar-refractivity contribution in [2.45, 2.75) is 13.5 Å². The summed E-state index contributed by atoms with van der Waals surface area (Å²) in [5.74, 6) is 0.809. The molecule has 0 aliphatic heterocycles. The highest BCUT2D eigenvalue weighted by Crippen LogP contribution is 2.21. The quantitative estimate of drug-likeness (QED) is 0.802. The van der Waals surface area contributed by atoms with Crippen molar-refractivity contribution in [2.24, 2.45) is 0 Å². The molecule has 106 valence electrons. The molecular formula is C17H17N3O. The molecule has 0 unspecified atom stereocenters. The van der Waals surface area contributed by atoms with Crippen LogP contribution in [-0.2, 0) is 6.54 Å². The minimum atomic E-state index is 0.00483. The summed E-state index contributed by atoms with van der Waals surface area (Å²) in [5.41, 5.74) is 2.90. The van der Waals surface area contributed by atoms with Gasteiger partial charge in [0.1, 0.15) is 5.82 Å². The zero-order chi connectivity index (χ0) is 14.8. The fourth-order valence-corrected chi connectivity index (χ4v) is 2.49. The third-order valence-corrected chi connectivity index (χ3v) is 3.64. The van der Waals surface area contributed by atoms with E-state index < -0.39 is 0 Å². The van der Waals surface area contributed by atoms with Crippen LogP contribution in [0.1, 0.15) is 11.3 Å². The summed E-state index contributed by atoms with van der Waals surface area (Å²) in [6.07, 6.45) is 0. The summed E-state index contributed by atoms with van der Waals surface area (Å²) >= 11 is 0. The normalized spacial score (nSPS) is 10.8. The lowest BCUT2D eigenvalue weighted by Crippen LogP contribution is -2.22. The standard InChI is InChI=1S/C17H17N3O/c1-12-6-5-9-16(21)20(12)11-14-10-13-7-3-4-8-15(13)19-17(14)18-2/h3-10H,11H2,1-2H3,(H,18,19). The van der Waals surface area contributed by atoms with Crippen molar-refractivity contribution >= 4 is 16.7 Å². The van der Waals surface area contributed by atoms with Crippen molar-refractivity contribution in [3.05, 3.63) is 70.1 Å². The molecule has 0 aliphatic rings. The van der Waals surface area contributed by atoms with Crippen molar-refractivity contribution in [3.8, 4) is 0 Å². The second-order valence-corrected chi connectivity index (χ2v) is 5.03. The number of nitrogens with one attached hydrogen (secondary N) is 1. The number of pyridine rings is 2. The van der Waals surface area contributed by atoms with Crippen molar-refractivity contribution in [2.75, 3.05) is 12.4 Å². The Bertz CT molecular complexity index is 852. The van der Waals surface area contributed by atoms with Crippen LogP contribution in [0.2, 0.25) is 0 Å². The first-order valence-electron chi connectivity index (χ1n) is 6.92. The average molecular weight is 279 g/mol. The lowest BCUT2D eigenvalue weighted by atomic mass is 10.1. The van der Waals surface area contributed by atoms with Gasteiger partial charge in [-0.1, -0.05) is 24.3 Å². The fourth-order valence-electron chi connectivity index (χ4n) is 2.49. The second-order valence-electron chi connectivity index (χ2n) is 5.03. The maximum atomic E-state index is 12.0.